The summed E-state index contributed by atoms with van der Waals surface area (Å²) in [6, 6.07) is 12.0. The Morgan fingerprint density at radius 1 is 1.10 bits per heavy atom. The lowest BCUT2D eigenvalue weighted by Gasteiger charge is -2.26. The first-order chi connectivity index (χ1) is 18.4. The summed E-state index contributed by atoms with van der Waals surface area (Å²) in [5.41, 5.74) is 4.45. The van der Waals surface area contributed by atoms with Crippen molar-refractivity contribution in [2.75, 3.05) is 19.4 Å². The van der Waals surface area contributed by atoms with Crippen LogP contribution in [0.1, 0.15) is 63.9 Å². The van der Waals surface area contributed by atoms with E-state index in [1.165, 1.54) is 11.1 Å². The lowest BCUT2D eigenvalue weighted by molar-refractivity contribution is -0.133. The van der Waals surface area contributed by atoms with Crippen molar-refractivity contribution in [3.05, 3.63) is 69.8 Å². The summed E-state index contributed by atoms with van der Waals surface area (Å²) in [7, 11) is 3.63. The van der Waals surface area contributed by atoms with Crippen LogP contribution in [0.5, 0.6) is 0 Å². The first-order valence-corrected chi connectivity index (χ1v) is 13.5. The van der Waals surface area contributed by atoms with Crippen LogP contribution in [0.3, 0.4) is 0 Å². The molecule has 0 aliphatic heterocycles. The molecule has 1 unspecified atom stereocenters. The van der Waals surface area contributed by atoms with Crippen molar-refractivity contribution in [2.24, 2.45) is 5.92 Å². The first-order valence-electron chi connectivity index (χ1n) is 13.5. The van der Waals surface area contributed by atoms with Gasteiger partial charge in [0.15, 0.2) is 11.5 Å². The predicted octanol–water partition coefficient (Wildman–Crippen LogP) is 4.79. The van der Waals surface area contributed by atoms with E-state index in [4.69, 9.17) is 9.97 Å². The van der Waals surface area contributed by atoms with Crippen molar-refractivity contribution in [3.8, 4) is 5.82 Å². The van der Waals surface area contributed by atoms with Gasteiger partial charge in [-0.05, 0) is 68.5 Å². The second kappa shape index (κ2) is 9.94. The summed E-state index contributed by atoms with van der Waals surface area (Å²) < 4.78 is 3.49. The highest BCUT2D eigenvalue weighted by Crippen LogP contribution is 2.30. The number of aromatic nitrogens is 5. The molecule has 0 saturated carbocycles. The molecule has 5 rings (SSSR count). The SMILES string of the molecule is CC(C)n1c(=O)c2cnc(Nc3ccc4c(c3)CCC(C(=O)N(C)C)C4)nc2n1-c1cccc(C(C)(C)C)n1. The van der Waals surface area contributed by atoms with Crippen molar-refractivity contribution in [3.63, 3.8) is 0 Å². The molecule has 204 valence electrons. The number of nitrogens with zero attached hydrogens (tertiary/aromatic N) is 6. The van der Waals surface area contributed by atoms with Crippen molar-refractivity contribution >= 4 is 28.6 Å². The Hall–Kier alpha value is -4.01. The first kappa shape index (κ1) is 26.6. The number of hydrogen-bond acceptors (Lipinski definition) is 6. The molecule has 9 nitrogen and oxygen atoms in total. The van der Waals surface area contributed by atoms with Gasteiger partial charge in [-0.25, -0.2) is 19.3 Å². The Morgan fingerprint density at radius 2 is 1.87 bits per heavy atom. The number of benzene rings is 1. The van der Waals surface area contributed by atoms with Crippen LogP contribution in [0.2, 0.25) is 0 Å². The normalized spacial score (nSPS) is 15.4. The maximum Gasteiger partial charge on any atom is 0.278 e. The number of carbonyl (C=O) groups is 1. The number of rotatable bonds is 5. The van der Waals surface area contributed by atoms with E-state index in [-0.39, 0.29) is 28.8 Å². The molecule has 0 bridgehead atoms. The van der Waals surface area contributed by atoms with Gasteiger partial charge in [-0.2, -0.15) is 4.98 Å². The number of anilines is 2. The summed E-state index contributed by atoms with van der Waals surface area (Å²) in [6.07, 6.45) is 4.03. The topological polar surface area (TPSA) is 97.9 Å². The Morgan fingerprint density at radius 3 is 2.56 bits per heavy atom. The van der Waals surface area contributed by atoms with Gasteiger partial charge in [0.1, 0.15) is 5.39 Å². The average Bonchev–Trinajstić information content (AvgIpc) is 3.19. The number of amides is 1. The quantitative estimate of drug-likeness (QED) is 0.401. The van der Waals surface area contributed by atoms with Gasteiger partial charge in [-0.1, -0.05) is 32.9 Å². The van der Waals surface area contributed by atoms with Gasteiger partial charge < -0.3 is 10.2 Å². The third-order valence-electron chi connectivity index (χ3n) is 7.31. The number of nitrogens with one attached hydrogen (secondary N) is 1. The Balaban J connectivity index is 1.52. The molecule has 0 fully saturated rings. The van der Waals surface area contributed by atoms with E-state index in [2.05, 4.69) is 43.2 Å². The summed E-state index contributed by atoms with van der Waals surface area (Å²) >= 11 is 0. The van der Waals surface area contributed by atoms with Crippen LogP contribution in [0.25, 0.3) is 16.9 Å². The molecule has 0 saturated heterocycles. The maximum absolute atomic E-state index is 13.4. The van der Waals surface area contributed by atoms with E-state index in [1.807, 2.05) is 52.2 Å². The van der Waals surface area contributed by atoms with Crippen LogP contribution in [0.4, 0.5) is 11.6 Å². The van der Waals surface area contributed by atoms with Gasteiger partial charge in [-0.15, -0.1) is 0 Å². The van der Waals surface area contributed by atoms with Gasteiger partial charge in [0.2, 0.25) is 11.9 Å². The molecule has 0 radical (unpaired) electrons. The predicted molar refractivity (Wildman–Crippen MR) is 154 cm³/mol. The molecule has 1 aliphatic rings. The summed E-state index contributed by atoms with van der Waals surface area (Å²) in [6.45, 7) is 10.3. The molecular formula is C30H37N7O2. The fraction of sp³-hybridized carbons (Fsp3) is 0.433. The monoisotopic (exact) mass is 527 g/mol. The van der Waals surface area contributed by atoms with Gasteiger partial charge in [0.05, 0.1) is 0 Å². The Bertz CT molecular complexity index is 1610. The molecule has 1 atom stereocenters. The average molecular weight is 528 g/mol. The fourth-order valence-corrected chi connectivity index (χ4v) is 5.24. The number of aryl methyl sites for hydroxylation is 1. The van der Waals surface area contributed by atoms with Crippen molar-refractivity contribution < 1.29 is 4.79 Å². The fourth-order valence-electron chi connectivity index (χ4n) is 5.24. The highest BCUT2D eigenvalue weighted by Gasteiger charge is 2.26. The molecule has 9 heteroatoms. The summed E-state index contributed by atoms with van der Waals surface area (Å²) in [5.74, 6) is 1.26. The van der Waals surface area contributed by atoms with Gasteiger partial charge >= 0.3 is 0 Å². The molecule has 1 amide bonds. The van der Waals surface area contributed by atoms with Crippen molar-refractivity contribution in [2.45, 2.75) is 65.3 Å². The van der Waals surface area contributed by atoms with Crippen LogP contribution in [0.15, 0.2) is 47.4 Å². The van der Waals surface area contributed by atoms with Crippen molar-refractivity contribution in [1.29, 1.82) is 0 Å². The van der Waals surface area contributed by atoms with Gasteiger partial charge in [0, 0.05) is 49.0 Å². The van der Waals surface area contributed by atoms with E-state index >= 15 is 0 Å². The summed E-state index contributed by atoms with van der Waals surface area (Å²) in [5, 5.41) is 3.77. The van der Waals surface area contributed by atoms with Crippen LogP contribution in [-0.4, -0.2) is 49.2 Å². The van der Waals surface area contributed by atoms with E-state index in [9.17, 15) is 9.59 Å². The van der Waals surface area contributed by atoms with Crippen LogP contribution < -0.4 is 10.9 Å². The highest BCUT2D eigenvalue weighted by atomic mass is 16.2. The number of pyridine rings is 1. The number of hydrogen-bond donors (Lipinski definition) is 1. The van der Waals surface area contributed by atoms with E-state index in [0.29, 0.717) is 22.8 Å². The van der Waals surface area contributed by atoms with Crippen LogP contribution in [0, 0.1) is 5.92 Å². The van der Waals surface area contributed by atoms with Gasteiger partial charge in [-0.3, -0.25) is 9.59 Å². The molecule has 1 aliphatic carbocycles. The number of fused-ring (bicyclic) bond motifs is 2. The Labute approximate surface area is 228 Å². The standard InChI is InChI=1S/C30H37N7O2/c1-18(2)36-28(39)23-17-31-29(34-26(23)37(36)25-10-8-9-24(33-25)30(3,4)5)32-22-14-13-19-15-21(27(38)35(6)7)12-11-20(19)16-22/h8-10,13-14,16-18,21H,11-12,15H2,1-7H3,(H,31,32,34). The van der Waals surface area contributed by atoms with E-state index in [1.54, 1.807) is 20.5 Å². The summed E-state index contributed by atoms with van der Waals surface area (Å²) in [4.78, 5) is 41.7. The Kier molecular flexibility index (Phi) is 6.78. The minimum atomic E-state index is -0.148. The maximum atomic E-state index is 13.4. The third kappa shape index (κ3) is 5.05. The second-order valence-electron chi connectivity index (χ2n) is 11.9. The highest BCUT2D eigenvalue weighted by molar-refractivity contribution is 5.79. The minimum Gasteiger partial charge on any atom is -0.349 e. The lowest BCUT2D eigenvalue weighted by atomic mass is 9.83. The van der Waals surface area contributed by atoms with Crippen LogP contribution >= 0.6 is 0 Å². The molecule has 1 aromatic carbocycles. The third-order valence-corrected chi connectivity index (χ3v) is 7.31. The molecule has 39 heavy (non-hydrogen) atoms. The molecule has 4 aromatic rings. The zero-order chi connectivity index (χ0) is 28.1. The zero-order valence-electron chi connectivity index (χ0n) is 23.8. The smallest absolute Gasteiger partial charge is 0.278 e. The minimum absolute atomic E-state index is 0.0316. The second-order valence-corrected chi connectivity index (χ2v) is 11.9. The van der Waals surface area contributed by atoms with Crippen molar-refractivity contribution in [1.82, 2.24) is 29.2 Å². The molecule has 0 spiro atoms. The molecule has 3 heterocycles. The van der Waals surface area contributed by atoms with Crippen LogP contribution in [-0.2, 0) is 23.1 Å². The molecular weight excluding hydrogens is 490 g/mol. The number of carbonyl (C=O) groups excluding carboxylic acids is 1. The largest absolute Gasteiger partial charge is 0.349 e. The zero-order valence-corrected chi connectivity index (χ0v) is 23.8. The molecule has 3 aromatic heterocycles. The lowest BCUT2D eigenvalue weighted by Crippen LogP contribution is -2.33. The van der Waals surface area contributed by atoms with E-state index < -0.39 is 0 Å². The molecule has 1 N–H and O–H groups in total. The van der Waals surface area contributed by atoms with Gasteiger partial charge in [0.25, 0.3) is 5.56 Å². The van der Waals surface area contributed by atoms with E-state index in [0.717, 1.165) is 30.6 Å².